The van der Waals surface area contributed by atoms with Crippen molar-refractivity contribution in [2.45, 2.75) is 25.7 Å². The van der Waals surface area contributed by atoms with Crippen LogP contribution in [0.2, 0.25) is 0 Å². The molecule has 2 aromatic heterocycles. The van der Waals surface area contributed by atoms with Crippen LogP contribution in [0.15, 0.2) is 200 Å². The van der Waals surface area contributed by atoms with Crippen LogP contribution in [-0.2, 0) is 5.41 Å². The Morgan fingerprint density at radius 2 is 0.981 bits per heavy atom. The molecule has 2 aliphatic rings. The highest BCUT2D eigenvalue weighted by Gasteiger charge is 2.47. The fourth-order valence-electron chi connectivity index (χ4n) is 8.05. The van der Waals surface area contributed by atoms with Crippen LogP contribution in [0.5, 0.6) is 0 Å². The second kappa shape index (κ2) is 14.5. The van der Waals surface area contributed by atoms with E-state index in [2.05, 4.69) is 170 Å². The SMILES string of the molecule is C1=CC2=C(CC=C1c1ccccc1-c1ccccn1)C(c1ccccc1)(c1ccccc1)c1cc(-c3ccccc3-c3ccccn3)ccc12.CC. The molecule has 52 heavy (non-hydrogen) atoms. The van der Waals surface area contributed by atoms with E-state index in [1.54, 1.807) is 0 Å². The molecular weight excluding hydrogens is 629 g/mol. The number of aromatic nitrogens is 2. The molecule has 7 aromatic rings. The van der Waals surface area contributed by atoms with Gasteiger partial charge in [0.25, 0.3) is 0 Å². The van der Waals surface area contributed by atoms with Gasteiger partial charge in [-0.25, -0.2) is 0 Å². The Labute approximate surface area is 307 Å². The lowest BCUT2D eigenvalue weighted by atomic mass is 9.65. The van der Waals surface area contributed by atoms with Gasteiger partial charge in [-0.05, 0) is 92.4 Å². The zero-order chi connectivity index (χ0) is 35.3. The Morgan fingerprint density at radius 3 is 1.56 bits per heavy atom. The van der Waals surface area contributed by atoms with Gasteiger partial charge in [0.15, 0.2) is 0 Å². The number of nitrogens with zero attached hydrogens (tertiary/aromatic N) is 2. The monoisotopic (exact) mass is 668 g/mol. The van der Waals surface area contributed by atoms with Crippen LogP contribution >= 0.6 is 0 Å². The fraction of sp³-hybridized carbons (Fsp3) is 0.0800. The van der Waals surface area contributed by atoms with E-state index in [-0.39, 0.29) is 0 Å². The van der Waals surface area contributed by atoms with E-state index in [1.165, 1.54) is 55.7 Å². The van der Waals surface area contributed by atoms with E-state index in [1.807, 2.05) is 38.4 Å². The molecule has 250 valence electrons. The normalized spacial score (nSPS) is 14.0. The summed E-state index contributed by atoms with van der Waals surface area (Å²) in [7, 11) is 0. The first kappa shape index (κ1) is 32.8. The summed E-state index contributed by atoms with van der Waals surface area (Å²) in [5, 5.41) is 0. The summed E-state index contributed by atoms with van der Waals surface area (Å²) in [4.78, 5) is 9.44. The lowest BCUT2D eigenvalue weighted by molar-refractivity contribution is 0.726. The average molecular weight is 669 g/mol. The number of fused-ring (bicyclic) bond motifs is 2. The van der Waals surface area contributed by atoms with Crippen molar-refractivity contribution >= 4 is 11.1 Å². The van der Waals surface area contributed by atoms with Crippen molar-refractivity contribution in [3.8, 4) is 33.6 Å². The van der Waals surface area contributed by atoms with Gasteiger partial charge in [0.05, 0.1) is 16.8 Å². The van der Waals surface area contributed by atoms with E-state index in [0.29, 0.717) is 0 Å². The number of rotatable bonds is 6. The summed E-state index contributed by atoms with van der Waals surface area (Å²) in [5.41, 5.74) is 16.3. The van der Waals surface area contributed by atoms with Gasteiger partial charge in [0, 0.05) is 23.5 Å². The second-order valence-electron chi connectivity index (χ2n) is 12.9. The maximum Gasteiger partial charge on any atom is 0.0708 e. The molecule has 0 N–H and O–H groups in total. The zero-order valence-electron chi connectivity index (χ0n) is 29.6. The maximum atomic E-state index is 4.73. The molecule has 0 fully saturated rings. The van der Waals surface area contributed by atoms with E-state index < -0.39 is 5.41 Å². The molecule has 0 bridgehead atoms. The molecule has 2 heterocycles. The molecule has 5 aromatic carbocycles. The third-order valence-electron chi connectivity index (χ3n) is 10.2. The molecule has 0 radical (unpaired) electrons. The standard InChI is InChI=1S/C48H34N2.C2H6/c1-3-15-36(16-4-1)48(37-17-5-2-6-18-37)44-30-27-34(38-19-7-9-21-42(38)46-23-11-13-31-49-46)25-28-40(44)41-29-26-35(33-45(41)48)39-20-8-10-22-43(39)47-24-12-14-32-50-47;1-2/h1-29,31-33H,30H2;1-2H3. The van der Waals surface area contributed by atoms with Gasteiger partial charge < -0.3 is 0 Å². The zero-order valence-corrected chi connectivity index (χ0v) is 29.6. The van der Waals surface area contributed by atoms with Crippen molar-refractivity contribution in [2.24, 2.45) is 0 Å². The minimum absolute atomic E-state index is 0.486. The summed E-state index contributed by atoms with van der Waals surface area (Å²) in [5.74, 6) is 0. The lowest BCUT2D eigenvalue weighted by Crippen LogP contribution is -2.30. The first-order chi connectivity index (χ1) is 25.8. The average Bonchev–Trinajstić information content (AvgIpc) is 3.33. The largest absolute Gasteiger partial charge is 0.256 e. The second-order valence-corrected chi connectivity index (χ2v) is 12.9. The molecule has 2 aliphatic carbocycles. The summed E-state index contributed by atoms with van der Waals surface area (Å²) in [6, 6.07) is 58.7. The fourth-order valence-corrected chi connectivity index (χ4v) is 8.05. The lowest BCUT2D eigenvalue weighted by Gasteiger charge is -2.36. The molecule has 9 rings (SSSR count). The number of allylic oxidation sites excluding steroid dienone is 6. The van der Waals surface area contributed by atoms with Crippen LogP contribution in [0.4, 0.5) is 0 Å². The summed E-state index contributed by atoms with van der Waals surface area (Å²) < 4.78 is 0. The highest BCUT2D eigenvalue weighted by Crippen LogP contribution is 2.57. The van der Waals surface area contributed by atoms with Crippen molar-refractivity contribution in [1.29, 1.82) is 0 Å². The van der Waals surface area contributed by atoms with E-state index in [4.69, 9.17) is 9.97 Å². The van der Waals surface area contributed by atoms with Gasteiger partial charge in [-0.2, -0.15) is 0 Å². The molecule has 0 unspecified atom stereocenters. The molecular formula is C50H40N2. The number of hydrogen-bond donors (Lipinski definition) is 0. The topological polar surface area (TPSA) is 25.8 Å². The Balaban J connectivity index is 0.00000190. The Morgan fingerprint density at radius 1 is 0.462 bits per heavy atom. The van der Waals surface area contributed by atoms with Crippen molar-refractivity contribution in [1.82, 2.24) is 9.97 Å². The number of hydrogen-bond acceptors (Lipinski definition) is 2. The first-order valence-electron chi connectivity index (χ1n) is 18.2. The van der Waals surface area contributed by atoms with Crippen molar-refractivity contribution in [2.75, 3.05) is 0 Å². The molecule has 0 saturated carbocycles. The molecule has 0 spiro atoms. The van der Waals surface area contributed by atoms with Crippen LogP contribution in [0.25, 0.3) is 44.8 Å². The van der Waals surface area contributed by atoms with Gasteiger partial charge in [0.2, 0.25) is 0 Å². The van der Waals surface area contributed by atoms with Crippen LogP contribution in [0.3, 0.4) is 0 Å². The smallest absolute Gasteiger partial charge is 0.0708 e. The molecule has 0 aliphatic heterocycles. The molecule has 2 heteroatoms. The predicted octanol–water partition coefficient (Wildman–Crippen LogP) is 12.6. The third-order valence-corrected chi connectivity index (χ3v) is 10.2. The van der Waals surface area contributed by atoms with E-state index >= 15 is 0 Å². The van der Waals surface area contributed by atoms with Crippen LogP contribution in [-0.4, -0.2) is 9.97 Å². The minimum Gasteiger partial charge on any atom is -0.256 e. The van der Waals surface area contributed by atoms with E-state index in [9.17, 15) is 0 Å². The van der Waals surface area contributed by atoms with Gasteiger partial charge in [-0.3, -0.25) is 9.97 Å². The van der Waals surface area contributed by atoms with Crippen molar-refractivity contribution in [3.05, 3.63) is 228 Å². The van der Waals surface area contributed by atoms with Gasteiger partial charge in [-0.1, -0.05) is 166 Å². The van der Waals surface area contributed by atoms with Crippen LogP contribution in [0, 0.1) is 0 Å². The molecule has 0 saturated heterocycles. The summed E-state index contributed by atoms with van der Waals surface area (Å²) >= 11 is 0. The first-order valence-corrected chi connectivity index (χ1v) is 18.2. The molecule has 0 amide bonds. The van der Waals surface area contributed by atoms with Crippen molar-refractivity contribution in [3.63, 3.8) is 0 Å². The Kier molecular flexibility index (Phi) is 9.12. The van der Waals surface area contributed by atoms with E-state index in [0.717, 1.165) is 28.9 Å². The highest BCUT2D eigenvalue weighted by molar-refractivity contribution is 5.96. The van der Waals surface area contributed by atoms with Crippen molar-refractivity contribution < 1.29 is 0 Å². The number of benzene rings is 5. The summed E-state index contributed by atoms with van der Waals surface area (Å²) in [6.07, 6.45) is 11.6. The minimum atomic E-state index is -0.486. The highest BCUT2D eigenvalue weighted by atomic mass is 14.7. The van der Waals surface area contributed by atoms with Gasteiger partial charge >= 0.3 is 0 Å². The van der Waals surface area contributed by atoms with Crippen LogP contribution < -0.4 is 0 Å². The summed E-state index contributed by atoms with van der Waals surface area (Å²) in [6.45, 7) is 4.00. The maximum absolute atomic E-state index is 4.73. The number of pyridine rings is 2. The quantitative estimate of drug-likeness (QED) is 0.176. The van der Waals surface area contributed by atoms with Gasteiger partial charge in [0.1, 0.15) is 0 Å². The third kappa shape index (κ3) is 5.63. The Bertz CT molecular complexity index is 2380. The van der Waals surface area contributed by atoms with Gasteiger partial charge in [-0.15, -0.1) is 0 Å². The molecule has 2 nitrogen and oxygen atoms in total. The molecule has 0 atom stereocenters. The Hall–Kier alpha value is -6.38. The predicted molar refractivity (Wildman–Crippen MR) is 218 cm³/mol. The van der Waals surface area contributed by atoms with Crippen LogP contribution in [0.1, 0.15) is 48.1 Å².